The number of hydrogen-bond acceptors (Lipinski definition) is 2. The first kappa shape index (κ1) is 12.2. The number of nitrogens with zero attached hydrogens (tertiary/aromatic N) is 1. The molecule has 0 aromatic heterocycles. The normalized spacial score (nSPS) is 30.7. The summed E-state index contributed by atoms with van der Waals surface area (Å²) >= 11 is 0. The molecule has 98 valence electrons. The molecule has 2 fully saturated rings. The van der Waals surface area contributed by atoms with Gasteiger partial charge in [0.25, 0.3) is 0 Å². The highest BCUT2D eigenvalue weighted by atomic mass is 15.2. The Morgan fingerprint density at radius 1 is 1.00 bits per heavy atom. The first-order valence-electron chi connectivity index (χ1n) is 7.42. The van der Waals surface area contributed by atoms with Crippen LogP contribution in [0.25, 0.3) is 0 Å². The topological polar surface area (TPSA) is 29.3 Å². The van der Waals surface area contributed by atoms with E-state index in [1.807, 2.05) is 0 Å². The minimum atomic E-state index is 0.187. The fourth-order valence-electron chi connectivity index (χ4n) is 3.78. The van der Waals surface area contributed by atoms with E-state index in [1.54, 1.807) is 0 Å². The Morgan fingerprint density at radius 3 is 2.61 bits per heavy atom. The summed E-state index contributed by atoms with van der Waals surface area (Å²) in [7, 11) is 0. The van der Waals surface area contributed by atoms with Crippen molar-refractivity contribution in [1.29, 1.82) is 0 Å². The number of nitrogens with two attached hydrogens (primary N) is 1. The quantitative estimate of drug-likeness (QED) is 0.866. The Hall–Kier alpha value is -0.860. The van der Waals surface area contributed by atoms with E-state index in [0.717, 1.165) is 6.04 Å². The second kappa shape index (κ2) is 5.41. The summed E-state index contributed by atoms with van der Waals surface area (Å²) in [5.74, 6) is 0. The predicted molar refractivity (Wildman–Crippen MR) is 75.4 cm³/mol. The molecule has 2 aliphatic heterocycles. The maximum atomic E-state index is 6.54. The standard InChI is InChI=1S/C16H24N2/c17-16(13-7-2-1-3-8-13)15-11-6-10-14-9-4-5-12-18(14)15/h1-3,7-8,14-16H,4-6,9-12,17H2. The molecule has 18 heavy (non-hydrogen) atoms. The fraction of sp³-hybridized carbons (Fsp3) is 0.625. The Kier molecular flexibility index (Phi) is 3.67. The molecule has 2 aliphatic rings. The van der Waals surface area contributed by atoms with Gasteiger partial charge in [0, 0.05) is 18.1 Å². The number of fused-ring (bicyclic) bond motifs is 1. The van der Waals surface area contributed by atoms with E-state index >= 15 is 0 Å². The highest BCUT2D eigenvalue weighted by Crippen LogP contribution is 2.34. The molecular weight excluding hydrogens is 220 g/mol. The summed E-state index contributed by atoms with van der Waals surface area (Å²) in [6.45, 7) is 1.26. The summed E-state index contributed by atoms with van der Waals surface area (Å²) in [4.78, 5) is 2.71. The number of benzene rings is 1. The molecule has 2 nitrogen and oxygen atoms in total. The SMILES string of the molecule is NC(c1ccccc1)C1CCCC2CCCCN21. The summed E-state index contributed by atoms with van der Waals surface area (Å²) in [6, 6.07) is 12.2. The van der Waals surface area contributed by atoms with Gasteiger partial charge in [0.05, 0.1) is 0 Å². The van der Waals surface area contributed by atoms with Gasteiger partial charge in [-0.05, 0) is 37.8 Å². The first-order valence-corrected chi connectivity index (χ1v) is 7.42. The minimum Gasteiger partial charge on any atom is -0.323 e. The van der Waals surface area contributed by atoms with Crippen LogP contribution in [0.1, 0.15) is 50.1 Å². The molecule has 0 aliphatic carbocycles. The van der Waals surface area contributed by atoms with E-state index in [4.69, 9.17) is 5.73 Å². The van der Waals surface area contributed by atoms with Crippen molar-refractivity contribution in [3.05, 3.63) is 35.9 Å². The first-order chi connectivity index (χ1) is 8.86. The highest BCUT2D eigenvalue weighted by Gasteiger charge is 2.35. The lowest BCUT2D eigenvalue weighted by Crippen LogP contribution is -2.53. The van der Waals surface area contributed by atoms with Gasteiger partial charge in [-0.1, -0.05) is 43.2 Å². The van der Waals surface area contributed by atoms with Gasteiger partial charge in [-0.25, -0.2) is 0 Å². The summed E-state index contributed by atoms with van der Waals surface area (Å²) in [5.41, 5.74) is 7.83. The summed E-state index contributed by atoms with van der Waals surface area (Å²) in [6.07, 6.45) is 8.16. The van der Waals surface area contributed by atoms with Crippen LogP contribution in [0.3, 0.4) is 0 Å². The van der Waals surface area contributed by atoms with Gasteiger partial charge in [-0.15, -0.1) is 0 Å². The van der Waals surface area contributed by atoms with Crippen LogP contribution in [0.4, 0.5) is 0 Å². The molecule has 2 heterocycles. The van der Waals surface area contributed by atoms with Crippen molar-refractivity contribution in [2.75, 3.05) is 6.54 Å². The van der Waals surface area contributed by atoms with Crippen molar-refractivity contribution in [2.45, 2.75) is 56.7 Å². The van der Waals surface area contributed by atoms with Gasteiger partial charge in [-0.3, -0.25) is 4.90 Å². The van der Waals surface area contributed by atoms with Gasteiger partial charge in [0.2, 0.25) is 0 Å². The van der Waals surface area contributed by atoms with Crippen LogP contribution in [0, 0.1) is 0 Å². The Labute approximate surface area is 110 Å². The van der Waals surface area contributed by atoms with Crippen molar-refractivity contribution < 1.29 is 0 Å². The molecule has 3 unspecified atom stereocenters. The van der Waals surface area contributed by atoms with E-state index in [-0.39, 0.29) is 6.04 Å². The lowest BCUT2D eigenvalue weighted by molar-refractivity contribution is 0.0392. The molecule has 0 spiro atoms. The van der Waals surface area contributed by atoms with Gasteiger partial charge >= 0.3 is 0 Å². The zero-order valence-corrected chi connectivity index (χ0v) is 11.1. The number of rotatable bonds is 2. The molecule has 1 aromatic rings. The molecule has 0 radical (unpaired) electrons. The molecule has 2 heteroatoms. The summed E-state index contributed by atoms with van der Waals surface area (Å²) in [5, 5.41) is 0. The van der Waals surface area contributed by atoms with Gasteiger partial charge in [0.15, 0.2) is 0 Å². The van der Waals surface area contributed by atoms with Crippen LogP contribution in [0.2, 0.25) is 0 Å². The molecule has 3 atom stereocenters. The molecule has 1 aromatic carbocycles. The van der Waals surface area contributed by atoms with Crippen molar-refractivity contribution in [3.63, 3.8) is 0 Å². The minimum absolute atomic E-state index is 0.187. The maximum Gasteiger partial charge on any atom is 0.0453 e. The molecule has 2 N–H and O–H groups in total. The zero-order chi connectivity index (χ0) is 12.4. The zero-order valence-electron chi connectivity index (χ0n) is 11.1. The largest absolute Gasteiger partial charge is 0.323 e. The van der Waals surface area contributed by atoms with Crippen molar-refractivity contribution in [2.24, 2.45) is 5.73 Å². The van der Waals surface area contributed by atoms with E-state index in [0.29, 0.717) is 6.04 Å². The van der Waals surface area contributed by atoms with E-state index in [2.05, 4.69) is 35.2 Å². The third-order valence-corrected chi connectivity index (χ3v) is 4.73. The van der Waals surface area contributed by atoms with Gasteiger partial charge in [-0.2, -0.15) is 0 Å². The molecule has 2 saturated heterocycles. The second-order valence-electron chi connectivity index (χ2n) is 5.82. The van der Waals surface area contributed by atoms with Crippen LogP contribution in [-0.4, -0.2) is 23.5 Å². The Bertz CT molecular complexity index is 374. The third kappa shape index (κ3) is 2.32. The van der Waals surface area contributed by atoms with Crippen LogP contribution >= 0.6 is 0 Å². The van der Waals surface area contributed by atoms with Crippen LogP contribution in [0.15, 0.2) is 30.3 Å². The fourth-order valence-corrected chi connectivity index (χ4v) is 3.78. The molecular formula is C16H24N2. The predicted octanol–water partition coefficient (Wildman–Crippen LogP) is 3.09. The molecule has 0 bridgehead atoms. The average molecular weight is 244 g/mol. The summed E-state index contributed by atoms with van der Waals surface area (Å²) < 4.78 is 0. The lowest BCUT2D eigenvalue weighted by Gasteiger charge is -2.47. The smallest absolute Gasteiger partial charge is 0.0453 e. The number of piperidine rings is 2. The number of hydrogen-bond donors (Lipinski definition) is 1. The second-order valence-corrected chi connectivity index (χ2v) is 5.82. The Morgan fingerprint density at radius 2 is 1.78 bits per heavy atom. The average Bonchev–Trinajstić information content (AvgIpc) is 2.47. The van der Waals surface area contributed by atoms with Gasteiger partial charge < -0.3 is 5.73 Å². The van der Waals surface area contributed by atoms with Crippen molar-refractivity contribution in [1.82, 2.24) is 4.90 Å². The molecule has 0 saturated carbocycles. The maximum absolute atomic E-state index is 6.54. The Balaban J connectivity index is 1.77. The van der Waals surface area contributed by atoms with E-state index in [9.17, 15) is 0 Å². The van der Waals surface area contributed by atoms with Crippen LogP contribution in [-0.2, 0) is 0 Å². The van der Waals surface area contributed by atoms with Crippen molar-refractivity contribution >= 4 is 0 Å². The van der Waals surface area contributed by atoms with Crippen molar-refractivity contribution in [3.8, 4) is 0 Å². The lowest BCUT2D eigenvalue weighted by atomic mass is 9.84. The van der Waals surface area contributed by atoms with Crippen LogP contribution in [0.5, 0.6) is 0 Å². The van der Waals surface area contributed by atoms with E-state index in [1.165, 1.54) is 50.6 Å². The third-order valence-electron chi connectivity index (χ3n) is 4.73. The van der Waals surface area contributed by atoms with Crippen LogP contribution < -0.4 is 5.73 Å². The van der Waals surface area contributed by atoms with E-state index < -0.39 is 0 Å². The monoisotopic (exact) mass is 244 g/mol. The highest BCUT2D eigenvalue weighted by molar-refractivity contribution is 5.20. The molecule has 0 amide bonds. The molecule has 3 rings (SSSR count). The van der Waals surface area contributed by atoms with Gasteiger partial charge in [0.1, 0.15) is 0 Å².